The minimum Gasteiger partial charge on any atom is -0.354 e. The zero-order chi connectivity index (χ0) is 21.7. The molecule has 30 heavy (non-hydrogen) atoms. The molecule has 0 fully saturated rings. The Bertz CT molecular complexity index is 1150. The van der Waals surface area contributed by atoms with Crippen molar-refractivity contribution in [2.24, 2.45) is 5.92 Å². The summed E-state index contributed by atoms with van der Waals surface area (Å²) in [6, 6.07) is 17.6. The molecule has 0 bridgehead atoms. The number of amides is 1. The number of hydrogen-bond acceptors (Lipinski definition) is 3. The zero-order valence-corrected chi connectivity index (χ0v) is 17.7. The highest BCUT2D eigenvalue weighted by molar-refractivity contribution is 7.89. The van der Waals surface area contributed by atoms with Crippen molar-refractivity contribution in [2.45, 2.75) is 31.2 Å². The van der Waals surface area contributed by atoms with Gasteiger partial charge in [0, 0.05) is 6.54 Å². The first-order valence-corrected chi connectivity index (χ1v) is 11.3. The second-order valence-electron chi connectivity index (χ2n) is 7.52. The van der Waals surface area contributed by atoms with Crippen LogP contribution in [0.3, 0.4) is 0 Å². The van der Waals surface area contributed by atoms with Gasteiger partial charge in [-0.3, -0.25) is 4.79 Å². The van der Waals surface area contributed by atoms with E-state index in [4.69, 9.17) is 0 Å². The average Bonchev–Trinajstić information content (AvgIpc) is 2.71. The van der Waals surface area contributed by atoms with Crippen LogP contribution in [0, 0.1) is 11.7 Å². The van der Waals surface area contributed by atoms with Gasteiger partial charge in [-0.05, 0) is 52.9 Å². The SMILES string of the molecule is CC(C)C(NS(=O)(=O)c1ccc2ccccc2c1)C(=O)NCCc1cccc(F)c1. The van der Waals surface area contributed by atoms with Gasteiger partial charge in [0.05, 0.1) is 4.90 Å². The fourth-order valence-electron chi connectivity index (χ4n) is 3.19. The number of halogens is 1. The quantitative estimate of drug-likeness (QED) is 0.575. The average molecular weight is 429 g/mol. The van der Waals surface area contributed by atoms with E-state index in [-0.39, 0.29) is 23.2 Å². The highest BCUT2D eigenvalue weighted by Crippen LogP contribution is 2.19. The Morgan fingerprint density at radius 3 is 2.40 bits per heavy atom. The van der Waals surface area contributed by atoms with Crippen LogP contribution < -0.4 is 10.0 Å². The largest absolute Gasteiger partial charge is 0.354 e. The standard InChI is InChI=1S/C23H25FN2O3S/c1-16(2)22(23(27)25-13-12-17-6-5-9-20(24)14-17)26-30(28,29)21-11-10-18-7-3-4-8-19(18)15-21/h3-11,14-16,22,26H,12-13H2,1-2H3,(H,25,27). The highest BCUT2D eigenvalue weighted by atomic mass is 32.2. The molecule has 1 atom stereocenters. The van der Waals surface area contributed by atoms with E-state index in [9.17, 15) is 17.6 Å². The third kappa shape index (κ3) is 5.43. The number of carbonyl (C=O) groups is 1. The topological polar surface area (TPSA) is 75.3 Å². The number of hydrogen-bond donors (Lipinski definition) is 2. The summed E-state index contributed by atoms with van der Waals surface area (Å²) in [7, 11) is -3.88. The number of carbonyl (C=O) groups excluding carboxylic acids is 1. The Morgan fingerprint density at radius 1 is 0.967 bits per heavy atom. The smallest absolute Gasteiger partial charge is 0.241 e. The normalized spacial score (nSPS) is 12.8. The maximum Gasteiger partial charge on any atom is 0.241 e. The number of nitrogens with one attached hydrogen (secondary N) is 2. The number of fused-ring (bicyclic) bond motifs is 1. The lowest BCUT2D eigenvalue weighted by molar-refractivity contribution is -0.123. The van der Waals surface area contributed by atoms with Gasteiger partial charge in [0.25, 0.3) is 0 Å². The molecule has 7 heteroatoms. The predicted octanol–water partition coefficient (Wildman–Crippen LogP) is 3.64. The number of sulfonamides is 1. The Labute approximate surface area is 176 Å². The van der Waals surface area contributed by atoms with Crippen LogP contribution in [0.1, 0.15) is 19.4 Å². The summed E-state index contributed by atoms with van der Waals surface area (Å²) in [6.45, 7) is 3.84. The molecular weight excluding hydrogens is 403 g/mol. The maximum absolute atomic E-state index is 13.3. The molecule has 0 aliphatic carbocycles. The summed E-state index contributed by atoms with van der Waals surface area (Å²) in [5, 5.41) is 4.49. The lowest BCUT2D eigenvalue weighted by Crippen LogP contribution is -2.49. The van der Waals surface area contributed by atoms with Crippen molar-refractivity contribution in [2.75, 3.05) is 6.54 Å². The molecule has 1 amide bonds. The predicted molar refractivity (Wildman–Crippen MR) is 116 cm³/mol. The van der Waals surface area contributed by atoms with Crippen LogP contribution in [0.5, 0.6) is 0 Å². The lowest BCUT2D eigenvalue weighted by Gasteiger charge is -2.22. The van der Waals surface area contributed by atoms with E-state index in [0.29, 0.717) is 6.42 Å². The summed E-state index contributed by atoms with van der Waals surface area (Å²) < 4.78 is 41.6. The van der Waals surface area contributed by atoms with Crippen molar-refractivity contribution in [3.8, 4) is 0 Å². The second-order valence-corrected chi connectivity index (χ2v) is 9.24. The van der Waals surface area contributed by atoms with Gasteiger partial charge in [-0.1, -0.05) is 56.3 Å². The molecule has 3 aromatic carbocycles. The summed E-state index contributed by atoms with van der Waals surface area (Å²) >= 11 is 0. The zero-order valence-electron chi connectivity index (χ0n) is 16.9. The minimum atomic E-state index is -3.88. The van der Waals surface area contributed by atoms with E-state index in [1.54, 1.807) is 38.1 Å². The van der Waals surface area contributed by atoms with Gasteiger partial charge in [0.1, 0.15) is 11.9 Å². The van der Waals surface area contributed by atoms with Crippen LogP contribution in [-0.2, 0) is 21.2 Å². The molecule has 3 aromatic rings. The van der Waals surface area contributed by atoms with E-state index in [0.717, 1.165) is 16.3 Å². The molecule has 0 radical (unpaired) electrons. The summed E-state index contributed by atoms with van der Waals surface area (Å²) in [6.07, 6.45) is 0.450. The van der Waals surface area contributed by atoms with Gasteiger partial charge >= 0.3 is 0 Å². The molecule has 0 spiro atoms. The van der Waals surface area contributed by atoms with Crippen LogP contribution in [0.2, 0.25) is 0 Å². The molecule has 0 aliphatic heterocycles. The van der Waals surface area contributed by atoms with E-state index < -0.39 is 22.0 Å². The maximum atomic E-state index is 13.3. The van der Waals surface area contributed by atoms with Gasteiger partial charge in [-0.25, -0.2) is 12.8 Å². The van der Waals surface area contributed by atoms with Gasteiger partial charge in [-0.2, -0.15) is 4.72 Å². The van der Waals surface area contributed by atoms with Gasteiger partial charge in [0.15, 0.2) is 0 Å². The summed E-state index contributed by atoms with van der Waals surface area (Å²) in [5.74, 6) is -0.998. The van der Waals surface area contributed by atoms with Gasteiger partial charge in [-0.15, -0.1) is 0 Å². The third-order valence-electron chi connectivity index (χ3n) is 4.86. The summed E-state index contributed by atoms with van der Waals surface area (Å²) in [4.78, 5) is 12.8. The molecule has 5 nitrogen and oxygen atoms in total. The fraction of sp³-hybridized carbons (Fsp3) is 0.261. The minimum absolute atomic E-state index is 0.111. The lowest BCUT2D eigenvalue weighted by atomic mass is 10.0. The molecule has 0 saturated carbocycles. The van der Waals surface area contributed by atoms with Crippen molar-refractivity contribution in [3.05, 3.63) is 78.1 Å². The molecule has 0 heterocycles. The van der Waals surface area contributed by atoms with E-state index in [1.807, 2.05) is 24.3 Å². The van der Waals surface area contributed by atoms with Gasteiger partial charge in [0.2, 0.25) is 15.9 Å². The molecule has 2 N–H and O–H groups in total. The van der Waals surface area contributed by atoms with Crippen molar-refractivity contribution < 1.29 is 17.6 Å². The van der Waals surface area contributed by atoms with Crippen LogP contribution in [0.25, 0.3) is 10.8 Å². The monoisotopic (exact) mass is 428 g/mol. The Morgan fingerprint density at radius 2 is 1.70 bits per heavy atom. The molecule has 1 unspecified atom stereocenters. The van der Waals surface area contributed by atoms with Crippen molar-refractivity contribution in [1.82, 2.24) is 10.0 Å². The van der Waals surface area contributed by atoms with Crippen LogP contribution in [0.4, 0.5) is 4.39 Å². The summed E-state index contributed by atoms with van der Waals surface area (Å²) in [5.41, 5.74) is 0.758. The van der Waals surface area contributed by atoms with Crippen molar-refractivity contribution in [1.29, 1.82) is 0 Å². The molecule has 0 aliphatic rings. The van der Waals surface area contributed by atoms with Gasteiger partial charge < -0.3 is 5.32 Å². The van der Waals surface area contributed by atoms with Crippen LogP contribution >= 0.6 is 0 Å². The van der Waals surface area contributed by atoms with Crippen molar-refractivity contribution in [3.63, 3.8) is 0 Å². The number of rotatable bonds is 8. The number of benzene rings is 3. The van der Waals surface area contributed by atoms with Crippen molar-refractivity contribution >= 4 is 26.7 Å². The molecular formula is C23H25FN2O3S. The van der Waals surface area contributed by atoms with E-state index in [1.165, 1.54) is 18.2 Å². The molecule has 158 valence electrons. The van der Waals surface area contributed by atoms with Crippen LogP contribution in [0.15, 0.2) is 71.6 Å². The van der Waals surface area contributed by atoms with E-state index >= 15 is 0 Å². The molecule has 0 saturated heterocycles. The highest BCUT2D eigenvalue weighted by Gasteiger charge is 2.28. The first-order chi connectivity index (χ1) is 14.3. The second kappa shape index (κ2) is 9.36. The molecule has 0 aromatic heterocycles. The Balaban J connectivity index is 1.69. The Kier molecular flexibility index (Phi) is 6.84. The first kappa shape index (κ1) is 21.9. The first-order valence-electron chi connectivity index (χ1n) is 9.79. The fourth-order valence-corrected chi connectivity index (χ4v) is 4.57. The third-order valence-corrected chi connectivity index (χ3v) is 6.30. The molecule has 3 rings (SSSR count). The Hall–Kier alpha value is -2.77. The van der Waals surface area contributed by atoms with Crippen LogP contribution in [-0.4, -0.2) is 26.9 Å². The van der Waals surface area contributed by atoms with E-state index in [2.05, 4.69) is 10.0 Å².